The number of hydrogen-bond acceptors (Lipinski definition) is 18. The molecule has 0 atom stereocenters. The first kappa shape index (κ1) is 52.4. The Balaban J connectivity index is 0.00000290. The summed E-state index contributed by atoms with van der Waals surface area (Å²) in [6.07, 6.45) is 0. The summed E-state index contributed by atoms with van der Waals surface area (Å²) in [5.74, 6) is -1.26. The van der Waals surface area contributed by atoms with Gasteiger partial charge in [-0.25, -0.2) is 35.2 Å². The molecule has 0 radical (unpaired) electrons. The van der Waals surface area contributed by atoms with E-state index in [0.29, 0.717) is 36.7 Å². The molecule has 0 saturated carbocycles. The zero-order valence-electron chi connectivity index (χ0n) is 33.3. The molecule has 312 valence electrons. The molecule has 63 heavy (non-hydrogen) atoms. The van der Waals surface area contributed by atoms with E-state index in [-0.39, 0.29) is 135 Å². The third-order valence-corrected chi connectivity index (χ3v) is 12.8. The number of hydrogen-bond donors (Lipinski definition) is 3. The summed E-state index contributed by atoms with van der Waals surface area (Å²) >= 11 is 0. The molecule has 7 rings (SSSR count). The van der Waals surface area contributed by atoms with Crippen molar-refractivity contribution in [1.82, 2.24) is 15.0 Å². The van der Waals surface area contributed by atoms with Crippen LogP contribution in [0.2, 0.25) is 0 Å². The molecule has 0 bridgehead atoms. The Morgan fingerprint density at radius 1 is 0.762 bits per heavy atom. The van der Waals surface area contributed by atoms with Crippen LogP contribution in [-0.4, -0.2) is 88.6 Å². The fraction of sp³-hybridized carbons (Fsp3) is 0.114. The van der Waals surface area contributed by atoms with E-state index in [1.54, 1.807) is 11.0 Å². The SMILES string of the molecule is C=CS(=O)(=O)c1cccc(N=c2nc(N3CCOCC3)[nH]c(=Nc3cc(S(=O)(=O)[O-])cc4cc(S(=O)(=O)[O-])c(N=Nc5ccc6ccccc6c5S(=O)(=O)O)c([O-])c34)[nH]2)c1.[Na+].[Na+].[Na+]. The number of ether oxygens (including phenoxy) is 1. The van der Waals surface area contributed by atoms with Gasteiger partial charge in [-0.05, 0) is 53.2 Å². The fourth-order valence-corrected chi connectivity index (χ4v) is 8.88. The first-order valence-electron chi connectivity index (χ1n) is 17.0. The van der Waals surface area contributed by atoms with Crippen molar-refractivity contribution in [2.45, 2.75) is 19.6 Å². The minimum absolute atomic E-state index is 0. The fourth-order valence-electron chi connectivity index (χ4n) is 6.13. The molecule has 1 fully saturated rings. The molecule has 2 heterocycles. The Kier molecular flexibility index (Phi) is 17.1. The number of morpholine rings is 1. The minimum atomic E-state index is -5.63. The van der Waals surface area contributed by atoms with Crippen LogP contribution in [-0.2, 0) is 44.9 Å². The minimum Gasteiger partial charge on any atom is -0.870 e. The number of H-pyrrole nitrogens is 2. The van der Waals surface area contributed by atoms with Crippen LogP contribution in [0.25, 0.3) is 21.5 Å². The van der Waals surface area contributed by atoms with Gasteiger partial charge in [0.05, 0.1) is 45.0 Å². The molecule has 1 saturated heterocycles. The third kappa shape index (κ3) is 11.8. The monoisotopic (exact) mass is 964 g/mol. The average Bonchev–Trinajstić information content (AvgIpc) is 3.19. The molecule has 1 aliphatic rings. The maximum Gasteiger partial charge on any atom is 1.00 e. The van der Waals surface area contributed by atoms with Gasteiger partial charge in [-0.3, -0.25) is 14.5 Å². The normalized spacial score (nSPS) is 14.3. The molecule has 3 N–H and O–H groups in total. The predicted octanol–water partition coefficient (Wildman–Crippen LogP) is -6.18. The number of fused-ring (bicyclic) bond motifs is 2. The largest absolute Gasteiger partial charge is 1.00 e. The van der Waals surface area contributed by atoms with Crippen LogP contribution in [0.15, 0.2) is 131 Å². The van der Waals surface area contributed by atoms with Crippen molar-refractivity contribution >= 4 is 90.4 Å². The van der Waals surface area contributed by atoms with Crippen LogP contribution in [0.1, 0.15) is 0 Å². The predicted molar refractivity (Wildman–Crippen MR) is 208 cm³/mol. The van der Waals surface area contributed by atoms with Crippen LogP contribution in [0.5, 0.6) is 5.75 Å². The number of anilines is 1. The second-order valence-electron chi connectivity index (χ2n) is 12.7. The summed E-state index contributed by atoms with van der Waals surface area (Å²) in [6.45, 7) is 4.52. The van der Waals surface area contributed by atoms with E-state index in [1.165, 1.54) is 48.5 Å². The maximum absolute atomic E-state index is 14.3. The molecular formula is C35H27N8Na3O13S4. The zero-order chi connectivity index (χ0) is 43.2. The molecule has 0 spiro atoms. The molecule has 0 amide bonds. The average molecular weight is 965 g/mol. The van der Waals surface area contributed by atoms with Gasteiger partial charge in [-0.2, -0.15) is 13.4 Å². The van der Waals surface area contributed by atoms with Crippen LogP contribution >= 0.6 is 0 Å². The molecule has 1 aliphatic heterocycles. The quantitative estimate of drug-likeness (QED) is 0.0654. The first-order chi connectivity index (χ1) is 28.2. The number of nitrogens with zero attached hydrogens (tertiary/aromatic N) is 6. The Morgan fingerprint density at radius 2 is 1.46 bits per heavy atom. The van der Waals surface area contributed by atoms with Crippen molar-refractivity contribution in [3.8, 4) is 5.75 Å². The van der Waals surface area contributed by atoms with Crippen LogP contribution < -0.4 is 110 Å². The van der Waals surface area contributed by atoms with E-state index < -0.39 is 88.5 Å². The first-order valence-corrected chi connectivity index (χ1v) is 22.8. The number of aromatic amines is 2. The topological polar surface area (TPSA) is 332 Å². The molecular weight excluding hydrogens is 938 g/mol. The summed E-state index contributed by atoms with van der Waals surface area (Å²) < 4.78 is 140. The van der Waals surface area contributed by atoms with Gasteiger partial charge in [0, 0.05) is 29.3 Å². The van der Waals surface area contributed by atoms with Gasteiger partial charge in [-0.15, -0.1) is 10.2 Å². The van der Waals surface area contributed by atoms with Gasteiger partial charge in [-0.1, -0.05) is 48.7 Å². The summed E-state index contributed by atoms with van der Waals surface area (Å²) in [5.41, 5.74) is -2.67. The summed E-state index contributed by atoms with van der Waals surface area (Å²) in [5, 5.41) is 21.7. The summed E-state index contributed by atoms with van der Waals surface area (Å²) in [6, 6.07) is 15.8. The number of sulfone groups is 1. The van der Waals surface area contributed by atoms with E-state index in [0.717, 1.165) is 11.5 Å². The Bertz CT molecular complexity index is 3420. The number of benzene rings is 5. The van der Waals surface area contributed by atoms with Gasteiger partial charge in [0.15, 0.2) is 9.84 Å². The second kappa shape index (κ2) is 20.5. The van der Waals surface area contributed by atoms with E-state index in [2.05, 4.69) is 41.7 Å². The number of rotatable bonds is 10. The maximum atomic E-state index is 14.3. The number of aromatic nitrogens is 3. The Morgan fingerprint density at radius 3 is 2.11 bits per heavy atom. The van der Waals surface area contributed by atoms with Crippen molar-refractivity contribution in [1.29, 1.82) is 0 Å². The molecule has 6 aromatic rings. The Labute approximate surface area is 425 Å². The van der Waals surface area contributed by atoms with Crippen LogP contribution in [0.4, 0.5) is 28.7 Å². The van der Waals surface area contributed by atoms with Gasteiger partial charge in [0.25, 0.3) is 10.1 Å². The number of azo groups is 1. The Hall–Kier alpha value is -3.19. The van der Waals surface area contributed by atoms with Crippen LogP contribution in [0, 0.1) is 0 Å². The van der Waals surface area contributed by atoms with Crippen molar-refractivity contribution in [2.24, 2.45) is 20.2 Å². The number of nitrogens with one attached hydrogen (secondary N) is 2. The molecule has 5 aromatic carbocycles. The standard InChI is InChI=1S/C35H30N8O13S4.3Na/c1-2-57(45,46)23-8-5-7-22(18-23)36-33-38-34(40-35(39-33)43-12-14-56-15-13-43)37-27-19-24(58(47,48)49)16-21-17-28(59(50,51)52)30(31(44)29(21)27)42-41-26-11-10-20-6-3-4-9-25(20)32(26)60(53,54)55;;;/h2-11,16-19,44H,1,12-15H2,(H,47,48,49)(H,50,51,52)(H,53,54,55)(H2,36,37,38,39,40);;;/q;3*+1/p-3. The van der Waals surface area contributed by atoms with E-state index in [4.69, 9.17) is 4.74 Å². The van der Waals surface area contributed by atoms with Gasteiger partial charge in [0.1, 0.15) is 30.8 Å². The van der Waals surface area contributed by atoms with Crippen molar-refractivity contribution < 1.29 is 146 Å². The molecule has 21 nitrogen and oxygen atoms in total. The summed E-state index contributed by atoms with van der Waals surface area (Å²) in [4.78, 5) is 17.4. The third-order valence-electron chi connectivity index (χ3n) is 8.83. The zero-order valence-corrected chi connectivity index (χ0v) is 42.5. The van der Waals surface area contributed by atoms with Crippen LogP contribution in [0.3, 0.4) is 0 Å². The van der Waals surface area contributed by atoms with Crippen molar-refractivity contribution in [3.63, 3.8) is 0 Å². The summed E-state index contributed by atoms with van der Waals surface area (Å²) in [7, 11) is -19.9. The van der Waals surface area contributed by atoms with Gasteiger partial charge in [0.2, 0.25) is 17.2 Å². The molecule has 1 aromatic heterocycles. The van der Waals surface area contributed by atoms with E-state index in [9.17, 15) is 52.4 Å². The van der Waals surface area contributed by atoms with E-state index >= 15 is 0 Å². The van der Waals surface area contributed by atoms with Crippen molar-refractivity contribution in [2.75, 3.05) is 31.2 Å². The molecule has 0 unspecified atom stereocenters. The molecule has 0 aliphatic carbocycles. The van der Waals surface area contributed by atoms with Gasteiger partial charge < -0.3 is 23.8 Å². The smallest absolute Gasteiger partial charge is 0.870 e. The second-order valence-corrected chi connectivity index (χ2v) is 18.7. The molecule has 28 heteroatoms. The van der Waals surface area contributed by atoms with Crippen molar-refractivity contribution in [3.05, 3.63) is 102 Å². The van der Waals surface area contributed by atoms with Gasteiger partial charge >= 0.3 is 88.7 Å². The van der Waals surface area contributed by atoms with E-state index in [1.807, 2.05) is 0 Å².